The van der Waals surface area contributed by atoms with Crippen molar-refractivity contribution in [3.8, 4) is 11.1 Å². The summed E-state index contributed by atoms with van der Waals surface area (Å²) in [4.78, 5) is 39.6. The van der Waals surface area contributed by atoms with E-state index in [9.17, 15) is 18.4 Å². The molecule has 0 spiro atoms. The van der Waals surface area contributed by atoms with E-state index in [0.717, 1.165) is 41.0 Å². The molecule has 2 aromatic carbocycles. The van der Waals surface area contributed by atoms with Crippen LogP contribution in [0.25, 0.3) is 11.1 Å². The topological polar surface area (TPSA) is 105 Å². The molecule has 0 saturated carbocycles. The minimum atomic E-state index is -2.70. The van der Waals surface area contributed by atoms with E-state index in [1.807, 2.05) is 49.9 Å². The summed E-state index contributed by atoms with van der Waals surface area (Å²) in [7, 11) is 5.43. The third kappa shape index (κ3) is 6.98. The number of rotatable bonds is 9. The van der Waals surface area contributed by atoms with Gasteiger partial charge < -0.3 is 24.8 Å². The molecule has 1 saturated heterocycles. The molecule has 4 heterocycles. The Kier molecular flexibility index (Phi) is 9.62. The van der Waals surface area contributed by atoms with Crippen LogP contribution in [0.2, 0.25) is 5.02 Å². The second kappa shape index (κ2) is 13.7. The van der Waals surface area contributed by atoms with Crippen molar-refractivity contribution in [3.05, 3.63) is 93.3 Å². The fourth-order valence-electron chi connectivity index (χ4n) is 6.39. The quantitative estimate of drug-likeness (QED) is 0.227. The lowest BCUT2D eigenvalue weighted by molar-refractivity contribution is 0.0114. The summed E-state index contributed by atoms with van der Waals surface area (Å²) >= 11 is 6.90. The molecule has 48 heavy (non-hydrogen) atoms. The Morgan fingerprint density at radius 1 is 1.02 bits per heavy atom. The van der Waals surface area contributed by atoms with Crippen molar-refractivity contribution in [1.29, 1.82) is 0 Å². The molecule has 4 aromatic rings. The number of halogens is 3. The summed E-state index contributed by atoms with van der Waals surface area (Å²) < 4.78 is 34.7. The van der Waals surface area contributed by atoms with Crippen LogP contribution in [-0.2, 0) is 37.9 Å². The number of hydrogen-bond donors (Lipinski definition) is 2. The van der Waals surface area contributed by atoms with Crippen molar-refractivity contribution < 1.29 is 23.1 Å². The van der Waals surface area contributed by atoms with Crippen LogP contribution < -0.4 is 10.6 Å². The van der Waals surface area contributed by atoms with Gasteiger partial charge in [-0.2, -0.15) is 0 Å². The zero-order chi connectivity index (χ0) is 34.2. The summed E-state index contributed by atoms with van der Waals surface area (Å²) in [6.45, 7) is 3.97. The lowest BCUT2D eigenvalue weighted by Gasteiger charge is -2.21. The highest BCUT2D eigenvalue weighted by molar-refractivity contribution is 6.36. The molecule has 2 aliphatic heterocycles. The van der Waals surface area contributed by atoms with Crippen molar-refractivity contribution in [2.24, 2.45) is 7.05 Å². The second-order valence-electron chi connectivity index (χ2n) is 12.5. The molecular formula is C35H38ClF2N7O3. The number of nitrogens with one attached hydrogen (secondary N) is 2. The van der Waals surface area contributed by atoms with E-state index in [1.54, 1.807) is 36.4 Å². The first-order valence-electron chi connectivity index (χ1n) is 15.7. The number of likely N-dealkylation sites (N-methyl/N-ethyl adjacent to an activating group) is 1. The highest BCUT2D eigenvalue weighted by atomic mass is 35.5. The number of fused-ring (bicyclic) bond motifs is 1. The zero-order valence-electron chi connectivity index (χ0n) is 27.4. The van der Waals surface area contributed by atoms with Crippen LogP contribution in [0.4, 0.5) is 20.2 Å². The van der Waals surface area contributed by atoms with E-state index >= 15 is 0 Å². The Morgan fingerprint density at radius 3 is 2.48 bits per heavy atom. The monoisotopic (exact) mass is 677 g/mol. The number of carbonyl (C=O) groups is 2. The standard InChI is InChI=1S/C35H38ClF2N7O3/c1-21-24(25-8-6-10-27(31(25)36)42-34(47)32-40-29-18-43(2)13-11-30(29)44(32)3)7-5-9-26(21)41-33(46)28-15-22(19-48-4)23(16-39-28)17-45-14-12-35(37,38)20-45/h5-10,15-16H,11-14,17-20H2,1-4H3,(H,41,46)(H,42,47). The van der Waals surface area contributed by atoms with Gasteiger partial charge in [-0.3, -0.25) is 19.5 Å². The highest BCUT2D eigenvalue weighted by Crippen LogP contribution is 2.38. The van der Waals surface area contributed by atoms with E-state index in [4.69, 9.17) is 16.3 Å². The third-order valence-electron chi connectivity index (χ3n) is 9.03. The Bertz CT molecular complexity index is 1880. The summed E-state index contributed by atoms with van der Waals surface area (Å²) in [5.41, 5.74) is 6.81. The van der Waals surface area contributed by atoms with Gasteiger partial charge in [-0.15, -0.1) is 0 Å². The number of anilines is 2. The summed E-state index contributed by atoms with van der Waals surface area (Å²) in [5, 5.41) is 6.24. The molecule has 2 aliphatic rings. The number of carbonyl (C=O) groups excluding carboxylic acids is 2. The van der Waals surface area contributed by atoms with E-state index in [0.29, 0.717) is 53.0 Å². The van der Waals surface area contributed by atoms with Crippen molar-refractivity contribution in [3.63, 3.8) is 0 Å². The number of alkyl halides is 2. The van der Waals surface area contributed by atoms with Gasteiger partial charge in [0.1, 0.15) is 5.69 Å². The summed E-state index contributed by atoms with van der Waals surface area (Å²) in [5.74, 6) is -3.15. The predicted molar refractivity (Wildman–Crippen MR) is 181 cm³/mol. The van der Waals surface area contributed by atoms with Gasteiger partial charge in [-0.1, -0.05) is 35.9 Å². The van der Waals surface area contributed by atoms with Crippen molar-refractivity contribution in [2.75, 3.05) is 44.4 Å². The van der Waals surface area contributed by atoms with Crippen molar-refractivity contribution in [2.45, 2.75) is 45.4 Å². The van der Waals surface area contributed by atoms with E-state index in [1.165, 1.54) is 0 Å². The maximum Gasteiger partial charge on any atom is 0.291 e. The SMILES string of the molecule is COCc1cc(C(=O)Nc2cccc(-c3cccc(NC(=O)c4nc5c(n4C)CCN(C)C5)c3Cl)c2C)ncc1CN1CCC(F)(F)C1. The third-order valence-corrected chi connectivity index (χ3v) is 9.43. The summed E-state index contributed by atoms with van der Waals surface area (Å²) in [6.07, 6.45) is 2.21. The van der Waals surface area contributed by atoms with E-state index < -0.39 is 11.8 Å². The molecule has 0 bridgehead atoms. The van der Waals surface area contributed by atoms with Crippen LogP contribution in [-0.4, -0.2) is 75.9 Å². The Hall–Kier alpha value is -4.23. The molecule has 6 rings (SSSR count). The van der Waals surface area contributed by atoms with Gasteiger partial charge in [0.05, 0.1) is 29.6 Å². The maximum atomic E-state index is 13.7. The van der Waals surface area contributed by atoms with Gasteiger partial charge >= 0.3 is 0 Å². The first kappa shape index (κ1) is 33.7. The van der Waals surface area contributed by atoms with Crippen LogP contribution in [0.1, 0.15) is 55.6 Å². The molecule has 1 fully saturated rings. The lowest BCUT2D eigenvalue weighted by Crippen LogP contribution is -2.27. The van der Waals surface area contributed by atoms with Gasteiger partial charge in [0.2, 0.25) is 0 Å². The molecular weight excluding hydrogens is 640 g/mol. The Morgan fingerprint density at radius 2 is 1.75 bits per heavy atom. The maximum absolute atomic E-state index is 13.7. The van der Waals surface area contributed by atoms with Crippen LogP contribution in [0.3, 0.4) is 0 Å². The number of methoxy groups -OCH3 is 1. The van der Waals surface area contributed by atoms with Gasteiger partial charge in [0.25, 0.3) is 17.7 Å². The molecule has 0 atom stereocenters. The lowest BCUT2D eigenvalue weighted by atomic mass is 9.98. The second-order valence-corrected chi connectivity index (χ2v) is 12.9. The minimum absolute atomic E-state index is 0.173. The number of amides is 2. The Balaban J connectivity index is 1.20. The van der Waals surface area contributed by atoms with E-state index in [-0.39, 0.29) is 31.2 Å². The highest BCUT2D eigenvalue weighted by Gasteiger charge is 2.38. The molecule has 0 aliphatic carbocycles. The molecule has 252 valence electrons. The molecule has 2 N–H and O–H groups in total. The predicted octanol–water partition coefficient (Wildman–Crippen LogP) is 5.92. The molecule has 13 heteroatoms. The average molecular weight is 678 g/mol. The first-order valence-corrected chi connectivity index (χ1v) is 16.1. The first-order chi connectivity index (χ1) is 22.9. The number of imidazole rings is 1. The number of pyridine rings is 1. The van der Waals surface area contributed by atoms with Crippen LogP contribution in [0, 0.1) is 6.92 Å². The zero-order valence-corrected chi connectivity index (χ0v) is 28.1. The normalized spacial score (nSPS) is 16.1. The Labute approximate surface area is 283 Å². The van der Waals surface area contributed by atoms with Gasteiger partial charge in [-0.25, -0.2) is 13.8 Å². The van der Waals surface area contributed by atoms with Gasteiger partial charge in [0.15, 0.2) is 5.82 Å². The minimum Gasteiger partial charge on any atom is -0.380 e. The van der Waals surface area contributed by atoms with Gasteiger partial charge in [0, 0.05) is 76.3 Å². The number of hydrogen-bond acceptors (Lipinski definition) is 7. The van der Waals surface area contributed by atoms with Crippen LogP contribution >= 0.6 is 11.6 Å². The molecule has 2 aromatic heterocycles. The van der Waals surface area contributed by atoms with Crippen molar-refractivity contribution >= 4 is 34.8 Å². The molecule has 2 amide bonds. The van der Waals surface area contributed by atoms with Crippen molar-refractivity contribution in [1.82, 2.24) is 24.3 Å². The molecule has 0 unspecified atom stereocenters. The number of benzene rings is 2. The number of likely N-dealkylation sites (tertiary alicyclic amines) is 1. The molecule has 0 radical (unpaired) electrons. The number of nitrogens with zero attached hydrogens (tertiary/aromatic N) is 5. The average Bonchev–Trinajstić information content (AvgIpc) is 3.57. The summed E-state index contributed by atoms with van der Waals surface area (Å²) in [6, 6.07) is 12.5. The van der Waals surface area contributed by atoms with Gasteiger partial charge in [-0.05, 0) is 54.4 Å². The fourth-order valence-corrected chi connectivity index (χ4v) is 6.67. The fraction of sp³-hybridized carbons (Fsp3) is 0.371. The number of ether oxygens (including phenoxy) is 1. The van der Waals surface area contributed by atoms with Crippen LogP contribution in [0.5, 0.6) is 0 Å². The molecule has 10 nitrogen and oxygen atoms in total. The number of aromatic nitrogens is 3. The van der Waals surface area contributed by atoms with E-state index in [2.05, 4.69) is 25.5 Å². The largest absolute Gasteiger partial charge is 0.380 e. The smallest absolute Gasteiger partial charge is 0.291 e. The van der Waals surface area contributed by atoms with Crippen LogP contribution in [0.15, 0.2) is 48.7 Å².